The van der Waals surface area contributed by atoms with Gasteiger partial charge in [-0.1, -0.05) is 27.6 Å². The molecule has 0 heterocycles. The maximum atomic E-state index is 3.40. The minimum atomic E-state index is 0. The number of rotatable bonds is 4. The van der Waals surface area contributed by atoms with Gasteiger partial charge in [-0.2, -0.15) is 0 Å². The molecule has 58 valence electrons. The van der Waals surface area contributed by atoms with E-state index in [4.69, 9.17) is 0 Å². The minimum absolute atomic E-state index is 0. The average molecular weight is 217 g/mol. The third kappa shape index (κ3) is 11.7. The van der Waals surface area contributed by atoms with Gasteiger partial charge in [-0.05, 0) is 33.1 Å². The van der Waals surface area contributed by atoms with Crippen LogP contribution in [0.15, 0.2) is 11.6 Å². The Morgan fingerprint density at radius 2 is 2.00 bits per heavy atom. The molecule has 0 aromatic carbocycles. The maximum absolute atomic E-state index is 3.40. The van der Waals surface area contributed by atoms with Crippen molar-refractivity contribution in [3.63, 3.8) is 0 Å². The van der Waals surface area contributed by atoms with E-state index in [1.165, 1.54) is 24.8 Å². The van der Waals surface area contributed by atoms with Crippen LogP contribution in [0.5, 0.6) is 0 Å². The van der Waals surface area contributed by atoms with Gasteiger partial charge < -0.3 is 2.85 Å². The molecule has 0 N–H and O–H groups in total. The summed E-state index contributed by atoms with van der Waals surface area (Å²) in [6.45, 7) is 4.29. The van der Waals surface area contributed by atoms with Gasteiger partial charge in [0.05, 0.1) is 0 Å². The largest absolute Gasteiger partial charge is 2.00 e. The van der Waals surface area contributed by atoms with Gasteiger partial charge >= 0.3 is 23.1 Å². The Hall–Kier alpha value is 0.986. The first-order valence-electron chi connectivity index (χ1n) is 3.46. The van der Waals surface area contributed by atoms with Crippen molar-refractivity contribution in [1.29, 1.82) is 0 Å². The first kappa shape index (κ1) is 13.6. The fraction of sp³-hybridized carbons (Fsp3) is 0.750. The zero-order chi connectivity index (χ0) is 7.11. The monoisotopic (exact) mass is 216 g/mol. The third-order valence-electron chi connectivity index (χ3n) is 1.14. The fourth-order valence-electron chi connectivity index (χ4n) is 0.630. The Balaban J connectivity index is -0.000000107. The van der Waals surface area contributed by atoms with Gasteiger partial charge in [0.15, 0.2) is 0 Å². The second-order valence-corrected chi connectivity index (χ2v) is 3.26. The van der Waals surface area contributed by atoms with Crippen LogP contribution >= 0.6 is 15.9 Å². The van der Waals surface area contributed by atoms with E-state index in [1.54, 1.807) is 0 Å². The molecule has 0 saturated carbocycles. The van der Waals surface area contributed by atoms with Gasteiger partial charge in [-0.15, -0.1) is 0 Å². The smallest absolute Gasteiger partial charge is 1.00 e. The molecule has 0 atom stereocenters. The van der Waals surface area contributed by atoms with Crippen molar-refractivity contribution in [2.45, 2.75) is 33.1 Å². The Morgan fingerprint density at radius 3 is 2.40 bits per heavy atom. The van der Waals surface area contributed by atoms with Gasteiger partial charge in [0, 0.05) is 5.33 Å². The standard InChI is InChI=1S/C8H15Br.Mg.2H/c1-8(2)6-4-3-5-7-9;;;/h6H,3-5,7H2,1-2H3;;;/q;+2;2*-1. The van der Waals surface area contributed by atoms with Crippen molar-refractivity contribution >= 4 is 39.0 Å². The molecule has 0 fully saturated rings. The fourth-order valence-corrected chi connectivity index (χ4v) is 1.03. The molecule has 0 amide bonds. The third-order valence-corrected chi connectivity index (χ3v) is 1.70. The van der Waals surface area contributed by atoms with Gasteiger partial charge in [0.2, 0.25) is 0 Å². The molecule has 0 aromatic rings. The molecule has 0 aliphatic heterocycles. The van der Waals surface area contributed by atoms with Crippen LogP contribution in [0.1, 0.15) is 36.0 Å². The van der Waals surface area contributed by atoms with Crippen molar-refractivity contribution in [3.05, 3.63) is 11.6 Å². The Kier molecular flexibility index (Phi) is 13.5. The number of allylic oxidation sites excluding steroid dienone is 2. The van der Waals surface area contributed by atoms with E-state index in [0.717, 1.165) is 5.33 Å². The summed E-state index contributed by atoms with van der Waals surface area (Å²) in [6, 6.07) is 0. The van der Waals surface area contributed by atoms with Crippen LogP contribution < -0.4 is 0 Å². The summed E-state index contributed by atoms with van der Waals surface area (Å²) in [5.74, 6) is 0. The Morgan fingerprint density at radius 1 is 1.40 bits per heavy atom. The van der Waals surface area contributed by atoms with Crippen molar-refractivity contribution in [2.75, 3.05) is 5.33 Å². The summed E-state index contributed by atoms with van der Waals surface area (Å²) in [6.07, 6.45) is 6.15. The van der Waals surface area contributed by atoms with E-state index in [0.29, 0.717) is 0 Å². The van der Waals surface area contributed by atoms with Crippen LogP contribution in [0.4, 0.5) is 0 Å². The topological polar surface area (TPSA) is 0 Å². The van der Waals surface area contributed by atoms with E-state index in [1.807, 2.05) is 0 Å². The summed E-state index contributed by atoms with van der Waals surface area (Å²) in [5.41, 5.74) is 1.43. The summed E-state index contributed by atoms with van der Waals surface area (Å²) in [4.78, 5) is 0. The van der Waals surface area contributed by atoms with Crippen LogP contribution in [-0.4, -0.2) is 28.4 Å². The molecule has 0 nitrogen and oxygen atoms in total. The second kappa shape index (κ2) is 9.99. The summed E-state index contributed by atoms with van der Waals surface area (Å²) in [5, 5.41) is 1.14. The van der Waals surface area contributed by atoms with Gasteiger partial charge in [0.25, 0.3) is 0 Å². The van der Waals surface area contributed by atoms with Crippen LogP contribution in [0.25, 0.3) is 0 Å². The molecule has 0 rings (SSSR count). The summed E-state index contributed by atoms with van der Waals surface area (Å²) >= 11 is 3.40. The first-order chi connectivity index (χ1) is 4.27. The average Bonchev–Trinajstić information content (AvgIpc) is 1.80. The van der Waals surface area contributed by atoms with Crippen molar-refractivity contribution < 1.29 is 2.85 Å². The molecule has 0 spiro atoms. The van der Waals surface area contributed by atoms with Crippen molar-refractivity contribution in [1.82, 2.24) is 0 Å². The predicted molar refractivity (Wildman–Crippen MR) is 55.1 cm³/mol. The zero-order valence-electron chi connectivity index (χ0n) is 8.99. The van der Waals surface area contributed by atoms with Crippen LogP contribution in [0.3, 0.4) is 0 Å². The molecule has 0 saturated heterocycles. The molecule has 0 bridgehead atoms. The van der Waals surface area contributed by atoms with Gasteiger partial charge in [-0.3, -0.25) is 0 Å². The van der Waals surface area contributed by atoms with Crippen molar-refractivity contribution in [2.24, 2.45) is 0 Å². The molecule has 0 radical (unpaired) electrons. The van der Waals surface area contributed by atoms with E-state index in [2.05, 4.69) is 35.9 Å². The number of alkyl halides is 1. The van der Waals surface area contributed by atoms with Crippen molar-refractivity contribution in [3.8, 4) is 0 Å². The Labute approximate surface area is 91.7 Å². The number of unbranched alkanes of at least 4 members (excludes halogenated alkanes) is 2. The normalized spacial score (nSPS) is 8.30. The number of halogens is 1. The van der Waals surface area contributed by atoms with Crippen LogP contribution in [-0.2, 0) is 0 Å². The van der Waals surface area contributed by atoms with Crippen LogP contribution in [0, 0.1) is 0 Å². The number of hydrogen-bond acceptors (Lipinski definition) is 0. The van der Waals surface area contributed by atoms with Crippen LogP contribution in [0.2, 0.25) is 0 Å². The Bertz CT molecular complexity index is 93.1. The molecule has 2 heteroatoms. The molecule has 0 aliphatic carbocycles. The maximum Gasteiger partial charge on any atom is 2.00 e. The van der Waals surface area contributed by atoms with E-state index >= 15 is 0 Å². The van der Waals surface area contributed by atoms with E-state index in [9.17, 15) is 0 Å². The minimum Gasteiger partial charge on any atom is -1.00 e. The summed E-state index contributed by atoms with van der Waals surface area (Å²) in [7, 11) is 0. The molecule has 0 aromatic heterocycles. The van der Waals surface area contributed by atoms with Gasteiger partial charge in [0.1, 0.15) is 0 Å². The predicted octanol–water partition coefficient (Wildman–Crippen LogP) is 3.36. The second-order valence-electron chi connectivity index (χ2n) is 2.47. The molecular formula is C8H17BrMg. The quantitative estimate of drug-likeness (QED) is 0.293. The molecule has 0 aliphatic rings. The molecular weight excluding hydrogens is 200 g/mol. The molecule has 0 unspecified atom stereocenters. The molecule has 10 heavy (non-hydrogen) atoms. The van der Waals surface area contributed by atoms with E-state index < -0.39 is 0 Å². The SMILES string of the molecule is CC(C)=CCCCCBr.[H-].[H-].[Mg+2]. The summed E-state index contributed by atoms with van der Waals surface area (Å²) < 4.78 is 0. The van der Waals surface area contributed by atoms with E-state index in [-0.39, 0.29) is 25.9 Å². The number of hydrogen-bond donors (Lipinski definition) is 0. The first-order valence-corrected chi connectivity index (χ1v) is 4.59. The zero-order valence-corrected chi connectivity index (χ0v) is 9.99. The van der Waals surface area contributed by atoms with Gasteiger partial charge in [-0.25, -0.2) is 0 Å².